The van der Waals surface area contributed by atoms with E-state index in [1.54, 1.807) is 15.9 Å². The van der Waals surface area contributed by atoms with E-state index in [2.05, 4.69) is 39.6 Å². The summed E-state index contributed by atoms with van der Waals surface area (Å²) in [4.78, 5) is 16.3. The number of H-pyrrole nitrogens is 1. The van der Waals surface area contributed by atoms with Crippen LogP contribution in [-0.4, -0.2) is 19.7 Å². The van der Waals surface area contributed by atoms with Gasteiger partial charge in [0.2, 0.25) is 0 Å². The van der Waals surface area contributed by atoms with Crippen LogP contribution in [0.2, 0.25) is 0 Å². The number of rotatable bonds is 7. The molecule has 0 saturated carbocycles. The summed E-state index contributed by atoms with van der Waals surface area (Å²) in [5.74, 6) is 0.681. The van der Waals surface area contributed by atoms with Gasteiger partial charge in [-0.25, -0.2) is 14.9 Å². The zero-order chi connectivity index (χ0) is 16.9. The predicted molar refractivity (Wildman–Crippen MR) is 99.3 cm³/mol. The molecule has 0 radical (unpaired) electrons. The highest BCUT2D eigenvalue weighted by atomic mass is 32.2. The first-order valence-electron chi connectivity index (χ1n) is 7.72. The number of anilines is 2. The van der Waals surface area contributed by atoms with Gasteiger partial charge in [-0.15, -0.1) is 16.4 Å². The number of hydrogen-bond donors (Lipinski definition) is 2. The summed E-state index contributed by atoms with van der Waals surface area (Å²) >= 11 is 3.09. The molecular weight excluding hydrogens is 342 g/mol. The number of aromatic nitrogens is 4. The molecule has 24 heavy (non-hydrogen) atoms. The number of thiazole rings is 1. The van der Waals surface area contributed by atoms with Crippen molar-refractivity contribution in [2.75, 3.05) is 5.32 Å². The van der Waals surface area contributed by atoms with Crippen LogP contribution in [0.3, 0.4) is 0 Å². The topological polar surface area (TPSA) is 75.6 Å². The maximum atomic E-state index is 11.7. The monoisotopic (exact) mass is 361 g/mol. The van der Waals surface area contributed by atoms with Crippen molar-refractivity contribution in [1.29, 1.82) is 0 Å². The maximum absolute atomic E-state index is 11.7. The van der Waals surface area contributed by atoms with E-state index >= 15 is 0 Å². The summed E-state index contributed by atoms with van der Waals surface area (Å²) in [7, 11) is 0. The van der Waals surface area contributed by atoms with Crippen LogP contribution in [0.15, 0.2) is 39.6 Å². The molecule has 126 valence electrons. The van der Waals surface area contributed by atoms with Crippen LogP contribution in [-0.2, 0) is 12.3 Å². The van der Waals surface area contributed by atoms with Gasteiger partial charge in [0.05, 0.1) is 5.69 Å². The second kappa shape index (κ2) is 7.67. The molecule has 0 aliphatic carbocycles. The van der Waals surface area contributed by atoms with E-state index in [0.29, 0.717) is 17.5 Å². The molecule has 8 heteroatoms. The highest BCUT2D eigenvalue weighted by Gasteiger charge is 2.10. The minimum atomic E-state index is -0.153. The van der Waals surface area contributed by atoms with Gasteiger partial charge >= 0.3 is 5.69 Å². The highest BCUT2D eigenvalue weighted by molar-refractivity contribution is 7.98. The second-order valence-electron chi connectivity index (χ2n) is 5.39. The number of nitrogens with one attached hydrogen (secondary N) is 2. The standard InChI is InChI=1S/C16H19N5OS2/c1-3-8-21-15(22)19-20-16(21)24-10-13-9-23-14(18-13)17-12-6-4-11(2)5-7-12/h4-7,9H,3,8,10H2,1-2H3,(H,17,18)(H,19,22). The number of benzene rings is 1. The van der Waals surface area contributed by atoms with Crippen molar-refractivity contribution in [3.8, 4) is 0 Å². The Morgan fingerprint density at radius 2 is 2.12 bits per heavy atom. The Kier molecular flexibility index (Phi) is 5.37. The average molecular weight is 361 g/mol. The van der Waals surface area contributed by atoms with Crippen LogP contribution in [0.5, 0.6) is 0 Å². The molecule has 2 N–H and O–H groups in total. The molecule has 3 aromatic rings. The third kappa shape index (κ3) is 4.07. The lowest BCUT2D eigenvalue weighted by Crippen LogP contribution is -2.17. The molecule has 0 aliphatic rings. The number of aromatic amines is 1. The normalized spacial score (nSPS) is 10.9. The number of thioether (sulfide) groups is 1. The largest absolute Gasteiger partial charge is 0.343 e. The van der Waals surface area contributed by atoms with Crippen LogP contribution in [0, 0.1) is 6.92 Å². The van der Waals surface area contributed by atoms with Gasteiger partial charge in [0.15, 0.2) is 10.3 Å². The molecule has 0 bridgehead atoms. The van der Waals surface area contributed by atoms with E-state index in [9.17, 15) is 4.79 Å². The Bertz CT molecular complexity index is 850. The summed E-state index contributed by atoms with van der Waals surface area (Å²) in [6, 6.07) is 8.21. The molecule has 0 spiro atoms. The van der Waals surface area contributed by atoms with Crippen molar-refractivity contribution < 1.29 is 0 Å². The molecule has 3 rings (SSSR count). The fraction of sp³-hybridized carbons (Fsp3) is 0.312. The van der Waals surface area contributed by atoms with Gasteiger partial charge in [0.1, 0.15) is 0 Å². The molecule has 0 saturated heterocycles. The van der Waals surface area contributed by atoms with Crippen LogP contribution >= 0.6 is 23.1 Å². The Hall–Kier alpha value is -2.06. The SMILES string of the molecule is CCCn1c(SCc2csc(Nc3ccc(C)cc3)n2)n[nH]c1=O. The average Bonchev–Trinajstić information content (AvgIpc) is 3.16. The van der Waals surface area contributed by atoms with Gasteiger partial charge in [-0.05, 0) is 25.5 Å². The van der Waals surface area contributed by atoms with E-state index in [4.69, 9.17) is 0 Å². The molecule has 0 aliphatic heterocycles. The fourth-order valence-corrected chi connectivity index (χ4v) is 3.86. The molecule has 1 aromatic carbocycles. The first-order chi connectivity index (χ1) is 11.7. The van der Waals surface area contributed by atoms with Gasteiger partial charge in [-0.2, -0.15) is 0 Å². The molecule has 0 amide bonds. The Balaban J connectivity index is 1.62. The van der Waals surface area contributed by atoms with Gasteiger partial charge in [0, 0.05) is 23.4 Å². The maximum Gasteiger partial charge on any atom is 0.343 e. The van der Waals surface area contributed by atoms with Crippen molar-refractivity contribution in [2.24, 2.45) is 0 Å². The molecule has 0 fully saturated rings. The smallest absolute Gasteiger partial charge is 0.332 e. The van der Waals surface area contributed by atoms with Gasteiger partial charge in [0.25, 0.3) is 0 Å². The lowest BCUT2D eigenvalue weighted by atomic mass is 10.2. The van der Waals surface area contributed by atoms with E-state index in [0.717, 1.165) is 22.9 Å². The van der Waals surface area contributed by atoms with Crippen molar-refractivity contribution in [2.45, 2.75) is 37.7 Å². The third-order valence-electron chi connectivity index (χ3n) is 3.37. The van der Waals surface area contributed by atoms with Crippen LogP contribution < -0.4 is 11.0 Å². The van der Waals surface area contributed by atoms with E-state index in [1.165, 1.54) is 17.3 Å². The lowest BCUT2D eigenvalue weighted by molar-refractivity contribution is 0.604. The summed E-state index contributed by atoms with van der Waals surface area (Å²) in [5.41, 5.74) is 3.07. The zero-order valence-electron chi connectivity index (χ0n) is 13.6. The van der Waals surface area contributed by atoms with Gasteiger partial charge in [-0.3, -0.25) is 4.57 Å². The van der Waals surface area contributed by atoms with Crippen molar-refractivity contribution in [3.63, 3.8) is 0 Å². The summed E-state index contributed by atoms with van der Waals surface area (Å²) in [5, 5.41) is 13.5. The van der Waals surface area contributed by atoms with E-state index in [1.807, 2.05) is 24.4 Å². The van der Waals surface area contributed by atoms with Crippen molar-refractivity contribution >= 4 is 33.9 Å². The van der Waals surface area contributed by atoms with Crippen molar-refractivity contribution in [1.82, 2.24) is 19.7 Å². The van der Waals surface area contributed by atoms with Crippen LogP contribution in [0.4, 0.5) is 10.8 Å². The molecule has 2 aromatic heterocycles. The Morgan fingerprint density at radius 3 is 2.88 bits per heavy atom. The first kappa shape index (κ1) is 16.8. The highest BCUT2D eigenvalue weighted by Crippen LogP contribution is 2.25. The van der Waals surface area contributed by atoms with Crippen molar-refractivity contribution in [3.05, 3.63) is 51.4 Å². The molecule has 0 atom stereocenters. The molecule has 6 nitrogen and oxygen atoms in total. The summed E-state index contributed by atoms with van der Waals surface area (Å²) < 4.78 is 1.67. The number of hydrogen-bond acceptors (Lipinski definition) is 6. The van der Waals surface area contributed by atoms with E-state index in [-0.39, 0.29) is 5.69 Å². The van der Waals surface area contributed by atoms with Crippen LogP contribution in [0.1, 0.15) is 24.6 Å². The Labute approximate surface area is 148 Å². The minimum absolute atomic E-state index is 0.153. The predicted octanol–water partition coefficient (Wildman–Crippen LogP) is 3.78. The number of nitrogens with zero attached hydrogens (tertiary/aromatic N) is 3. The van der Waals surface area contributed by atoms with Crippen LogP contribution in [0.25, 0.3) is 0 Å². The zero-order valence-corrected chi connectivity index (χ0v) is 15.2. The summed E-state index contributed by atoms with van der Waals surface area (Å²) in [6.07, 6.45) is 0.897. The number of aryl methyl sites for hydroxylation is 1. The van der Waals surface area contributed by atoms with Gasteiger partial charge in [-0.1, -0.05) is 36.4 Å². The molecular formula is C16H19N5OS2. The summed E-state index contributed by atoms with van der Waals surface area (Å²) in [6.45, 7) is 4.78. The Morgan fingerprint density at radius 1 is 1.33 bits per heavy atom. The van der Waals surface area contributed by atoms with Gasteiger partial charge < -0.3 is 5.32 Å². The second-order valence-corrected chi connectivity index (χ2v) is 7.19. The first-order valence-corrected chi connectivity index (χ1v) is 9.58. The molecule has 0 unspecified atom stereocenters. The van der Waals surface area contributed by atoms with E-state index < -0.39 is 0 Å². The molecule has 2 heterocycles. The lowest BCUT2D eigenvalue weighted by Gasteiger charge is -2.03. The fourth-order valence-electron chi connectivity index (χ4n) is 2.16. The third-order valence-corrected chi connectivity index (χ3v) is 5.19. The minimum Gasteiger partial charge on any atom is -0.332 e. The quantitative estimate of drug-likeness (QED) is 0.626.